The van der Waals surface area contributed by atoms with Gasteiger partial charge in [-0.05, 0) is 68.1 Å². The Morgan fingerprint density at radius 3 is 2.03 bits per heavy atom. The van der Waals surface area contributed by atoms with Gasteiger partial charge in [0, 0.05) is 17.1 Å². The van der Waals surface area contributed by atoms with Gasteiger partial charge in [0.2, 0.25) is 11.8 Å². The largest absolute Gasteiger partial charge is 0.352 e. The van der Waals surface area contributed by atoms with Crippen molar-refractivity contribution in [1.29, 1.82) is 0 Å². The van der Waals surface area contributed by atoms with Gasteiger partial charge in [0.1, 0.15) is 12.6 Å². The molecule has 0 radical (unpaired) electrons. The Hall–Kier alpha value is -3.17. The van der Waals surface area contributed by atoms with Crippen molar-refractivity contribution in [3.05, 3.63) is 95.0 Å². The zero-order valence-corrected chi connectivity index (χ0v) is 25.0. The molecule has 0 saturated heterocycles. The highest BCUT2D eigenvalue weighted by Crippen LogP contribution is 2.26. The molecule has 2 atom stereocenters. The van der Waals surface area contributed by atoms with Crippen LogP contribution in [0.15, 0.2) is 94.3 Å². The Morgan fingerprint density at radius 1 is 0.872 bits per heavy atom. The summed E-state index contributed by atoms with van der Waals surface area (Å²) in [7, 11) is -4.07. The number of benzene rings is 3. The van der Waals surface area contributed by atoms with E-state index in [-0.39, 0.29) is 23.4 Å². The number of nitrogens with zero attached hydrogens (tertiary/aromatic N) is 2. The number of hydrogen-bond acceptors (Lipinski definition) is 4. The fraction of sp³-hybridized carbons (Fsp3) is 0.333. The van der Waals surface area contributed by atoms with E-state index in [1.807, 2.05) is 51.1 Å². The summed E-state index contributed by atoms with van der Waals surface area (Å²) < 4.78 is 29.5. The van der Waals surface area contributed by atoms with E-state index in [1.165, 1.54) is 17.0 Å². The van der Waals surface area contributed by atoms with E-state index in [0.29, 0.717) is 18.5 Å². The molecule has 0 aliphatic carbocycles. The first-order valence-electron chi connectivity index (χ1n) is 13.1. The topological polar surface area (TPSA) is 86.8 Å². The van der Waals surface area contributed by atoms with Crippen molar-refractivity contribution in [2.45, 2.75) is 57.0 Å². The lowest BCUT2D eigenvalue weighted by Crippen LogP contribution is -2.54. The molecule has 0 aliphatic heterocycles. The monoisotopic (exact) mass is 613 g/mol. The summed E-state index contributed by atoms with van der Waals surface area (Å²) >= 11 is 3.39. The standard InChI is InChI=1S/C30H36BrN3O4S/c1-4-23(3)32-30(36)28(5-2)33(21-20-24-12-8-6-9-13-24)29(35)22-34(26-18-16-25(31)17-19-26)39(37,38)27-14-10-7-11-15-27/h6-19,23,28H,4-5,20-22H2,1-3H3,(H,32,36)/t23-,28+/m0/s1. The Balaban J connectivity index is 1.99. The van der Waals surface area contributed by atoms with E-state index < -0.39 is 28.5 Å². The first-order chi connectivity index (χ1) is 18.7. The van der Waals surface area contributed by atoms with Crippen LogP contribution in [0.4, 0.5) is 5.69 Å². The number of amides is 2. The summed E-state index contributed by atoms with van der Waals surface area (Å²) in [5, 5.41) is 2.99. The second kappa shape index (κ2) is 14.3. The third kappa shape index (κ3) is 8.16. The summed E-state index contributed by atoms with van der Waals surface area (Å²) in [5.74, 6) is -0.686. The van der Waals surface area contributed by atoms with E-state index in [4.69, 9.17) is 0 Å². The van der Waals surface area contributed by atoms with Crippen molar-refractivity contribution in [2.75, 3.05) is 17.4 Å². The first kappa shape index (κ1) is 30.4. The van der Waals surface area contributed by atoms with Crippen molar-refractivity contribution in [2.24, 2.45) is 0 Å². The SMILES string of the molecule is CC[C@H](C(=O)N[C@@H](C)CC)N(CCc1ccccc1)C(=O)CN(c1ccc(Br)cc1)S(=O)(=O)c1ccccc1. The minimum absolute atomic E-state index is 0.0460. The number of sulfonamides is 1. The average molecular weight is 615 g/mol. The van der Waals surface area contributed by atoms with Gasteiger partial charge in [-0.15, -0.1) is 0 Å². The van der Waals surface area contributed by atoms with Crippen molar-refractivity contribution in [3.63, 3.8) is 0 Å². The smallest absolute Gasteiger partial charge is 0.264 e. The van der Waals surface area contributed by atoms with Crippen molar-refractivity contribution in [1.82, 2.24) is 10.2 Å². The molecule has 3 aromatic carbocycles. The third-order valence-corrected chi connectivity index (χ3v) is 8.91. The van der Waals surface area contributed by atoms with Gasteiger partial charge in [0.25, 0.3) is 10.0 Å². The Bertz CT molecular complexity index is 1320. The molecule has 3 aromatic rings. The number of halogens is 1. The quantitative estimate of drug-likeness (QED) is 0.279. The lowest BCUT2D eigenvalue weighted by molar-refractivity contribution is -0.139. The van der Waals surface area contributed by atoms with Crippen molar-refractivity contribution < 1.29 is 18.0 Å². The summed E-state index contributed by atoms with van der Waals surface area (Å²) in [5.41, 5.74) is 1.38. The first-order valence-corrected chi connectivity index (χ1v) is 15.4. The van der Waals surface area contributed by atoms with E-state index in [0.717, 1.165) is 20.8 Å². The van der Waals surface area contributed by atoms with Gasteiger partial charge in [-0.3, -0.25) is 13.9 Å². The molecule has 1 N–H and O–H groups in total. The van der Waals surface area contributed by atoms with Crippen molar-refractivity contribution >= 4 is 43.5 Å². The molecule has 0 fully saturated rings. The van der Waals surface area contributed by atoms with Crippen LogP contribution in [0.3, 0.4) is 0 Å². The third-order valence-electron chi connectivity index (χ3n) is 6.60. The molecule has 0 bridgehead atoms. The molecule has 0 aromatic heterocycles. The highest BCUT2D eigenvalue weighted by Gasteiger charge is 2.33. The molecule has 9 heteroatoms. The Morgan fingerprint density at radius 2 is 1.46 bits per heavy atom. The van der Waals surface area contributed by atoms with Gasteiger partial charge in [-0.2, -0.15) is 0 Å². The molecular weight excluding hydrogens is 578 g/mol. The van der Waals surface area contributed by atoms with Crippen LogP contribution in [-0.2, 0) is 26.0 Å². The fourth-order valence-corrected chi connectivity index (χ4v) is 5.89. The summed E-state index contributed by atoms with van der Waals surface area (Å²) in [6, 6.07) is 23.7. The van der Waals surface area contributed by atoms with E-state index >= 15 is 0 Å². The van der Waals surface area contributed by atoms with Crippen LogP contribution in [0.5, 0.6) is 0 Å². The molecule has 3 rings (SSSR count). The second-order valence-electron chi connectivity index (χ2n) is 9.37. The van der Waals surface area contributed by atoms with Gasteiger partial charge < -0.3 is 10.2 Å². The lowest BCUT2D eigenvalue weighted by Gasteiger charge is -2.33. The summed E-state index contributed by atoms with van der Waals surface area (Å²) in [6.07, 6.45) is 1.68. The van der Waals surface area contributed by atoms with Crippen molar-refractivity contribution in [3.8, 4) is 0 Å². The maximum Gasteiger partial charge on any atom is 0.264 e. The van der Waals surface area contributed by atoms with Crippen LogP contribution in [0, 0.1) is 0 Å². The lowest BCUT2D eigenvalue weighted by atomic mass is 10.1. The van der Waals surface area contributed by atoms with Crippen LogP contribution in [0.1, 0.15) is 39.2 Å². The van der Waals surface area contributed by atoms with Gasteiger partial charge in [0.15, 0.2) is 0 Å². The minimum atomic E-state index is -4.07. The maximum atomic E-state index is 14.0. The van der Waals surface area contributed by atoms with E-state index in [2.05, 4.69) is 21.2 Å². The number of carbonyl (C=O) groups is 2. The number of carbonyl (C=O) groups excluding carboxylic acids is 2. The maximum absolute atomic E-state index is 14.0. The van der Waals surface area contributed by atoms with Gasteiger partial charge in [-0.1, -0.05) is 78.3 Å². The van der Waals surface area contributed by atoms with Crippen LogP contribution >= 0.6 is 15.9 Å². The Kier molecular flexibility index (Phi) is 11.1. The number of anilines is 1. The molecular formula is C30H36BrN3O4S. The van der Waals surface area contributed by atoms with Gasteiger partial charge in [-0.25, -0.2) is 8.42 Å². The van der Waals surface area contributed by atoms with Crippen LogP contribution in [-0.4, -0.2) is 50.3 Å². The number of nitrogens with one attached hydrogen (secondary N) is 1. The van der Waals surface area contributed by atoms with Crippen LogP contribution < -0.4 is 9.62 Å². The van der Waals surface area contributed by atoms with Crippen LogP contribution in [0.25, 0.3) is 0 Å². The fourth-order valence-electron chi connectivity index (χ4n) is 4.19. The zero-order chi connectivity index (χ0) is 28.4. The van der Waals surface area contributed by atoms with Crippen LogP contribution in [0.2, 0.25) is 0 Å². The molecule has 2 amide bonds. The molecule has 7 nitrogen and oxygen atoms in total. The Labute approximate surface area is 240 Å². The van der Waals surface area contributed by atoms with Gasteiger partial charge in [0.05, 0.1) is 10.6 Å². The highest BCUT2D eigenvalue weighted by molar-refractivity contribution is 9.10. The average Bonchev–Trinajstić information content (AvgIpc) is 2.95. The van der Waals surface area contributed by atoms with E-state index in [9.17, 15) is 18.0 Å². The molecule has 0 aliphatic rings. The predicted octanol–water partition coefficient (Wildman–Crippen LogP) is 5.41. The molecule has 0 spiro atoms. The predicted molar refractivity (Wildman–Crippen MR) is 159 cm³/mol. The highest BCUT2D eigenvalue weighted by atomic mass is 79.9. The normalized spacial score (nSPS) is 12.8. The van der Waals surface area contributed by atoms with E-state index in [1.54, 1.807) is 42.5 Å². The summed E-state index contributed by atoms with van der Waals surface area (Å²) in [4.78, 5) is 28.9. The second-order valence-corrected chi connectivity index (χ2v) is 12.1. The minimum Gasteiger partial charge on any atom is -0.352 e. The molecule has 208 valence electrons. The van der Waals surface area contributed by atoms with Gasteiger partial charge >= 0.3 is 0 Å². The molecule has 0 unspecified atom stereocenters. The number of rotatable bonds is 13. The molecule has 0 heterocycles. The zero-order valence-electron chi connectivity index (χ0n) is 22.6. The molecule has 39 heavy (non-hydrogen) atoms. The summed E-state index contributed by atoms with van der Waals surface area (Å²) in [6.45, 7) is 5.59. The molecule has 0 saturated carbocycles. The number of hydrogen-bond donors (Lipinski definition) is 1.